The molecule has 86 valence electrons. The van der Waals surface area contributed by atoms with Crippen molar-refractivity contribution in [2.45, 2.75) is 32.7 Å². The summed E-state index contributed by atoms with van der Waals surface area (Å²) in [6.07, 6.45) is 1.34. The largest absolute Gasteiger partial charge is 0.368 e. The molecule has 1 aliphatic rings. The molecule has 2 atom stereocenters. The lowest BCUT2D eigenvalue weighted by Crippen LogP contribution is -2.61. The van der Waals surface area contributed by atoms with Crippen LogP contribution in [-0.4, -0.2) is 35.8 Å². The van der Waals surface area contributed by atoms with Crippen LogP contribution in [0.1, 0.15) is 26.7 Å². The first-order valence-corrected chi connectivity index (χ1v) is 5.26. The molecule has 2 unspecified atom stereocenters. The van der Waals surface area contributed by atoms with Gasteiger partial charge in [-0.2, -0.15) is 0 Å². The van der Waals surface area contributed by atoms with Gasteiger partial charge in [0.05, 0.1) is 5.41 Å². The summed E-state index contributed by atoms with van der Waals surface area (Å²) in [6.45, 7) is 4.65. The summed E-state index contributed by atoms with van der Waals surface area (Å²) >= 11 is 0. The summed E-state index contributed by atoms with van der Waals surface area (Å²) in [7, 11) is 0. The first kappa shape index (κ1) is 12.0. The van der Waals surface area contributed by atoms with Gasteiger partial charge in [-0.15, -0.1) is 0 Å². The monoisotopic (exact) mass is 213 g/mol. The second-order valence-electron chi connectivity index (χ2n) is 4.32. The van der Waals surface area contributed by atoms with Gasteiger partial charge in [-0.25, -0.2) is 0 Å². The van der Waals surface area contributed by atoms with E-state index >= 15 is 0 Å². The predicted molar refractivity (Wildman–Crippen MR) is 56.8 cm³/mol. The van der Waals surface area contributed by atoms with Crippen LogP contribution < -0.4 is 11.5 Å². The van der Waals surface area contributed by atoms with Crippen LogP contribution in [0.2, 0.25) is 0 Å². The van der Waals surface area contributed by atoms with Crippen LogP contribution in [0.5, 0.6) is 0 Å². The van der Waals surface area contributed by atoms with Gasteiger partial charge < -0.3 is 16.4 Å². The van der Waals surface area contributed by atoms with Crippen LogP contribution in [0, 0.1) is 5.41 Å². The highest BCUT2D eigenvalue weighted by Gasteiger charge is 2.43. The van der Waals surface area contributed by atoms with E-state index in [2.05, 4.69) is 0 Å². The van der Waals surface area contributed by atoms with Crippen molar-refractivity contribution in [1.29, 1.82) is 0 Å². The van der Waals surface area contributed by atoms with Crippen molar-refractivity contribution < 1.29 is 9.59 Å². The minimum Gasteiger partial charge on any atom is -0.368 e. The van der Waals surface area contributed by atoms with E-state index in [1.165, 1.54) is 0 Å². The highest BCUT2D eigenvalue weighted by atomic mass is 16.2. The molecule has 0 radical (unpaired) electrons. The summed E-state index contributed by atoms with van der Waals surface area (Å²) in [4.78, 5) is 24.6. The average Bonchev–Trinajstić information content (AvgIpc) is 2.13. The van der Waals surface area contributed by atoms with Gasteiger partial charge in [0.1, 0.15) is 6.04 Å². The maximum Gasteiger partial charge on any atom is 0.240 e. The third kappa shape index (κ3) is 1.97. The van der Waals surface area contributed by atoms with Gasteiger partial charge in [0, 0.05) is 13.1 Å². The highest BCUT2D eigenvalue weighted by Crippen LogP contribution is 2.28. The molecule has 1 fully saturated rings. The summed E-state index contributed by atoms with van der Waals surface area (Å²) in [5, 5.41) is 0. The van der Waals surface area contributed by atoms with Crippen molar-refractivity contribution in [2.24, 2.45) is 16.9 Å². The van der Waals surface area contributed by atoms with Crippen molar-refractivity contribution in [3.63, 3.8) is 0 Å². The second kappa shape index (κ2) is 4.18. The zero-order valence-corrected chi connectivity index (χ0v) is 9.32. The zero-order chi connectivity index (χ0) is 11.6. The fraction of sp³-hybridized carbons (Fsp3) is 0.800. The van der Waals surface area contributed by atoms with Crippen LogP contribution in [0.3, 0.4) is 0 Å². The molecule has 1 saturated heterocycles. The number of primary amides is 1. The van der Waals surface area contributed by atoms with Crippen LogP contribution >= 0.6 is 0 Å². The van der Waals surface area contributed by atoms with E-state index in [-0.39, 0.29) is 5.91 Å². The van der Waals surface area contributed by atoms with E-state index in [1.807, 2.05) is 13.8 Å². The van der Waals surface area contributed by atoms with Gasteiger partial charge in [0.2, 0.25) is 11.8 Å². The quantitative estimate of drug-likeness (QED) is 0.656. The minimum atomic E-state index is -0.561. The number of carbonyl (C=O) groups excluding carboxylic acids is 2. The maximum absolute atomic E-state index is 12.1. The Morgan fingerprint density at radius 1 is 1.53 bits per heavy atom. The number of rotatable bonds is 4. The topological polar surface area (TPSA) is 89.4 Å². The molecule has 1 heterocycles. The molecule has 15 heavy (non-hydrogen) atoms. The molecular weight excluding hydrogens is 194 g/mol. The Morgan fingerprint density at radius 2 is 2.13 bits per heavy atom. The summed E-state index contributed by atoms with van der Waals surface area (Å²) in [5.74, 6) is -0.479. The van der Waals surface area contributed by atoms with Crippen molar-refractivity contribution in [3.8, 4) is 0 Å². The smallest absolute Gasteiger partial charge is 0.240 e. The highest BCUT2D eigenvalue weighted by molar-refractivity contribution is 5.90. The zero-order valence-electron chi connectivity index (χ0n) is 9.32. The molecule has 2 amide bonds. The van der Waals surface area contributed by atoms with Crippen molar-refractivity contribution in [3.05, 3.63) is 0 Å². The second-order valence-corrected chi connectivity index (χ2v) is 4.32. The molecule has 0 aliphatic carbocycles. The molecular formula is C10H19N3O2. The Balaban J connectivity index is 2.73. The molecule has 0 aromatic rings. The van der Waals surface area contributed by atoms with Crippen molar-refractivity contribution >= 4 is 11.8 Å². The number of likely N-dealkylation sites (tertiary alicyclic amines) is 1. The third-order valence-corrected chi connectivity index (χ3v) is 3.36. The van der Waals surface area contributed by atoms with Gasteiger partial charge >= 0.3 is 0 Å². The molecule has 5 heteroatoms. The number of hydrogen-bond donors (Lipinski definition) is 2. The Bertz CT molecular complexity index is 274. The fourth-order valence-electron chi connectivity index (χ4n) is 1.66. The van der Waals surface area contributed by atoms with Gasteiger partial charge in [-0.05, 0) is 19.8 Å². The Hall–Kier alpha value is -1.10. The summed E-state index contributed by atoms with van der Waals surface area (Å²) in [5.41, 5.74) is 10.2. The normalized spacial score (nSPS) is 24.2. The van der Waals surface area contributed by atoms with Crippen molar-refractivity contribution in [1.82, 2.24) is 4.90 Å². The molecule has 1 rings (SSSR count). The molecule has 0 saturated carbocycles. The van der Waals surface area contributed by atoms with Gasteiger partial charge in [-0.1, -0.05) is 6.92 Å². The molecule has 4 N–H and O–H groups in total. The number of nitrogens with two attached hydrogens (primary N) is 2. The van der Waals surface area contributed by atoms with Crippen LogP contribution in [0.4, 0.5) is 0 Å². The Morgan fingerprint density at radius 3 is 2.40 bits per heavy atom. The lowest BCUT2D eigenvalue weighted by molar-refractivity contribution is -0.154. The maximum atomic E-state index is 12.1. The fourth-order valence-corrected chi connectivity index (χ4v) is 1.66. The average molecular weight is 213 g/mol. The Kier molecular flexibility index (Phi) is 3.34. The Labute approximate surface area is 89.8 Å². The number of carbonyl (C=O) groups is 2. The van der Waals surface area contributed by atoms with Gasteiger partial charge in [-0.3, -0.25) is 9.59 Å². The van der Waals surface area contributed by atoms with E-state index in [4.69, 9.17) is 11.5 Å². The SMILES string of the molecule is CCC(C)(CN)C(=O)N1CCC1C(N)=O. The summed E-state index contributed by atoms with van der Waals surface area (Å²) < 4.78 is 0. The van der Waals surface area contributed by atoms with Crippen LogP contribution in [-0.2, 0) is 9.59 Å². The van der Waals surface area contributed by atoms with Gasteiger partial charge in [0.15, 0.2) is 0 Å². The summed E-state index contributed by atoms with van der Waals surface area (Å²) in [6, 6.07) is -0.421. The molecule has 5 nitrogen and oxygen atoms in total. The van der Waals surface area contributed by atoms with E-state index in [0.29, 0.717) is 25.9 Å². The van der Waals surface area contributed by atoms with Crippen molar-refractivity contribution in [2.75, 3.05) is 13.1 Å². The molecule has 1 aliphatic heterocycles. The minimum absolute atomic E-state index is 0.0532. The molecule has 0 aromatic carbocycles. The molecule has 0 bridgehead atoms. The lowest BCUT2D eigenvalue weighted by Gasteiger charge is -2.43. The van der Waals surface area contributed by atoms with E-state index in [0.717, 1.165) is 0 Å². The number of nitrogens with zero attached hydrogens (tertiary/aromatic N) is 1. The first-order valence-electron chi connectivity index (χ1n) is 5.26. The number of amides is 2. The van der Waals surface area contributed by atoms with Crippen LogP contribution in [0.25, 0.3) is 0 Å². The van der Waals surface area contributed by atoms with E-state index in [9.17, 15) is 9.59 Å². The lowest BCUT2D eigenvalue weighted by atomic mass is 9.84. The van der Waals surface area contributed by atoms with Crippen LogP contribution in [0.15, 0.2) is 0 Å². The standard InChI is InChI=1S/C10H19N3O2/c1-3-10(2,6-11)9(15)13-5-4-7(13)8(12)14/h7H,3-6,11H2,1-2H3,(H2,12,14). The predicted octanol–water partition coefficient (Wildman–Crippen LogP) is -0.552. The van der Waals surface area contributed by atoms with Gasteiger partial charge in [0.25, 0.3) is 0 Å². The van der Waals surface area contributed by atoms with E-state index < -0.39 is 17.4 Å². The third-order valence-electron chi connectivity index (χ3n) is 3.36. The molecule has 0 aromatic heterocycles. The number of hydrogen-bond acceptors (Lipinski definition) is 3. The molecule has 0 spiro atoms. The first-order chi connectivity index (χ1) is 6.96. The van der Waals surface area contributed by atoms with E-state index in [1.54, 1.807) is 4.90 Å².